The van der Waals surface area contributed by atoms with Gasteiger partial charge in [-0.05, 0) is 37.9 Å². The molecule has 0 aliphatic heterocycles. The number of benzene rings is 1. The first-order valence-corrected chi connectivity index (χ1v) is 5.63. The Morgan fingerprint density at radius 2 is 2.07 bits per heavy atom. The van der Waals surface area contributed by atoms with Crippen LogP contribution in [0.25, 0.3) is 10.9 Å². The minimum atomic E-state index is 0.769. The Morgan fingerprint density at radius 1 is 1.27 bits per heavy atom. The molecule has 0 bridgehead atoms. The van der Waals surface area contributed by atoms with Gasteiger partial charge >= 0.3 is 0 Å². The van der Waals surface area contributed by atoms with Gasteiger partial charge in [0.2, 0.25) is 0 Å². The van der Waals surface area contributed by atoms with Gasteiger partial charge in [-0.2, -0.15) is 0 Å². The number of aryl methyl sites for hydroxylation is 2. The van der Waals surface area contributed by atoms with Crippen molar-refractivity contribution < 1.29 is 0 Å². The van der Waals surface area contributed by atoms with E-state index in [4.69, 9.17) is 5.73 Å². The van der Waals surface area contributed by atoms with E-state index in [-0.39, 0.29) is 0 Å². The largest absolute Gasteiger partial charge is 0.347 e. The topological polar surface area (TPSA) is 30.9 Å². The van der Waals surface area contributed by atoms with Crippen molar-refractivity contribution in [1.82, 2.24) is 4.57 Å². The minimum absolute atomic E-state index is 0.769. The molecule has 0 saturated carbocycles. The Kier molecular flexibility index (Phi) is 3.07. The van der Waals surface area contributed by atoms with Gasteiger partial charge in [0.25, 0.3) is 0 Å². The lowest BCUT2D eigenvalue weighted by atomic mass is 10.1. The third-order valence-corrected chi connectivity index (χ3v) is 2.86. The molecule has 2 rings (SSSR count). The maximum Gasteiger partial charge on any atom is 0.0483 e. The van der Waals surface area contributed by atoms with Crippen molar-refractivity contribution in [3.05, 3.63) is 36.0 Å². The number of fused-ring (bicyclic) bond motifs is 1. The van der Waals surface area contributed by atoms with Crippen LogP contribution in [-0.4, -0.2) is 11.1 Å². The van der Waals surface area contributed by atoms with Crippen LogP contribution in [0.5, 0.6) is 0 Å². The first kappa shape index (κ1) is 10.2. The van der Waals surface area contributed by atoms with Gasteiger partial charge in [-0.1, -0.05) is 18.2 Å². The van der Waals surface area contributed by atoms with E-state index in [1.165, 1.54) is 16.5 Å². The second-order valence-corrected chi connectivity index (χ2v) is 3.85. The zero-order valence-corrected chi connectivity index (χ0v) is 9.24. The summed E-state index contributed by atoms with van der Waals surface area (Å²) in [6, 6.07) is 8.59. The van der Waals surface area contributed by atoms with Crippen LogP contribution in [0.1, 0.15) is 18.9 Å². The molecule has 0 fully saturated rings. The number of nitrogens with two attached hydrogens (primary N) is 1. The molecule has 0 spiro atoms. The lowest BCUT2D eigenvalue weighted by molar-refractivity contribution is 0.781. The highest BCUT2D eigenvalue weighted by atomic mass is 14.9. The van der Waals surface area contributed by atoms with Crippen LogP contribution in [-0.2, 0) is 13.0 Å². The molecule has 2 N–H and O–H groups in total. The number of nitrogens with zero attached hydrogens (tertiary/aromatic N) is 1. The van der Waals surface area contributed by atoms with Crippen LogP contribution in [0.4, 0.5) is 0 Å². The summed E-state index contributed by atoms with van der Waals surface area (Å²) in [4.78, 5) is 0. The molecular formula is C13H18N2. The molecule has 1 aromatic heterocycles. The van der Waals surface area contributed by atoms with Crippen molar-refractivity contribution in [3.8, 4) is 0 Å². The second-order valence-electron chi connectivity index (χ2n) is 3.85. The van der Waals surface area contributed by atoms with Crippen LogP contribution >= 0.6 is 0 Å². The summed E-state index contributed by atoms with van der Waals surface area (Å²) in [5.74, 6) is 0. The highest BCUT2D eigenvalue weighted by molar-refractivity contribution is 5.83. The summed E-state index contributed by atoms with van der Waals surface area (Å²) in [6.07, 6.45) is 4.42. The van der Waals surface area contributed by atoms with Gasteiger partial charge in [-0.3, -0.25) is 0 Å². The van der Waals surface area contributed by atoms with Crippen molar-refractivity contribution in [1.29, 1.82) is 0 Å². The summed E-state index contributed by atoms with van der Waals surface area (Å²) in [6.45, 7) is 3.98. The summed E-state index contributed by atoms with van der Waals surface area (Å²) in [5.41, 5.74) is 8.32. The third-order valence-electron chi connectivity index (χ3n) is 2.86. The van der Waals surface area contributed by atoms with Crippen LogP contribution in [0, 0.1) is 0 Å². The van der Waals surface area contributed by atoms with E-state index in [1.54, 1.807) is 0 Å². The van der Waals surface area contributed by atoms with Gasteiger partial charge in [-0.25, -0.2) is 0 Å². The molecule has 2 nitrogen and oxygen atoms in total. The van der Waals surface area contributed by atoms with Gasteiger partial charge in [0.05, 0.1) is 0 Å². The van der Waals surface area contributed by atoms with Crippen molar-refractivity contribution >= 4 is 10.9 Å². The van der Waals surface area contributed by atoms with Crippen LogP contribution in [0.2, 0.25) is 0 Å². The highest BCUT2D eigenvalue weighted by Gasteiger charge is 2.05. The Morgan fingerprint density at radius 3 is 2.80 bits per heavy atom. The molecule has 0 radical (unpaired) electrons. The smallest absolute Gasteiger partial charge is 0.0483 e. The van der Waals surface area contributed by atoms with Gasteiger partial charge in [0, 0.05) is 23.6 Å². The lowest BCUT2D eigenvalue weighted by Gasteiger charge is -1.98. The van der Waals surface area contributed by atoms with Crippen LogP contribution in [0.15, 0.2) is 30.5 Å². The predicted octanol–water partition coefficient (Wildman–Crippen LogP) is 2.55. The monoisotopic (exact) mass is 202 g/mol. The zero-order chi connectivity index (χ0) is 10.7. The van der Waals surface area contributed by atoms with E-state index in [1.807, 2.05) is 0 Å². The Bertz CT molecular complexity index is 443. The number of rotatable bonds is 4. The molecule has 0 aliphatic rings. The fourth-order valence-corrected chi connectivity index (χ4v) is 2.08. The Balaban J connectivity index is 2.45. The number of para-hydroxylation sites is 1. The van der Waals surface area contributed by atoms with E-state index < -0.39 is 0 Å². The van der Waals surface area contributed by atoms with E-state index in [0.717, 1.165) is 25.9 Å². The first-order valence-electron chi connectivity index (χ1n) is 5.63. The van der Waals surface area contributed by atoms with Gasteiger partial charge in [0.15, 0.2) is 0 Å². The third kappa shape index (κ3) is 1.90. The van der Waals surface area contributed by atoms with E-state index in [2.05, 4.69) is 42.0 Å². The lowest BCUT2D eigenvalue weighted by Crippen LogP contribution is -1.99. The second kappa shape index (κ2) is 4.49. The maximum atomic E-state index is 5.55. The fourth-order valence-electron chi connectivity index (χ4n) is 2.08. The van der Waals surface area contributed by atoms with Crippen LogP contribution < -0.4 is 5.73 Å². The molecule has 0 amide bonds. The average Bonchev–Trinajstić information content (AvgIpc) is 2.65. The summed E-state index contributed by atoms with van der Waals surface area (Å²) >= 11 is 0. The summed E-state index contributed by atoms with van der Waals surface area (Å²) in [7, 11) is 0. The zero-order valence-electron chi connectivity index (χ0n) is 9.24. The van der Waals surface area contributed by atoms with Gasteiger partial charge in [0.1, 0.15) is 0 Å². The minimum Gasteiger partial charge on any atom is -0.347 e. The molecule has 2 aromatic rings. The molecule has 1 aromatic carbocycles. The predicted molar refractivity (Wildman–Crippen MR) is 65.0 cm³/mol. The van der Waals surface area contributed by atoms with Crippen LogP contribution in [0.3, 0.4) is 0 Å². The normalized spacial score (nSPS) is 11.1. The van der Waals surface area contributed by atoms with Crippen molar-refractivity contribution in [3.63, 3.8) is 0 Å². The molecule has 0 aliphatic carbocycles. The maximum absolute atomic E-state index is 5.55. The molecule has 2 heteroatoms. The molecule has 1 heterocycles. The van der Waals surface area contributed by atoms with E-state index >= 15 is 0 Å². The standard InChI is InChI=1S/C13H18N2/c1-2-15-10-11(6-5-9-14)12-7-3-4-8-13(12)15/h3-4,7-8,10H,2,5-6,9,14H2,1H3. The molecule has 0 unspecified atom stereocenters. The Labute approximate surface area is 90.7 Å². The number of aromatic nitrogens is 1. The molecular weight excluding hydrogens is 184 g/mol. The molecule has 0 saturated heterocycles. The first-order chi connectivity index (χ1) is 7.36. The quantitative estimate of drug-likeness (QED) is 0.811. The summed E-state index contributed by atoms with van der Waals surface area (Å²) in [5, 5.41) is 1.38. The van der Waals surface area contributed by atoms with Crippen molar-refractivity contribution in [2.24, 2.45) is 5.73 Å². The fraction of sp³-hybridized carbons (Fsp3) is 0.385. The molecule has 15 heavy (non-hydrogen) atoms. The van der Waals surface area contributed by atoms with E-state index in [9.17, 15) is 0 Å². The Hall–Kier alpha value is -1.28. The van der Waals surface area contributed by atoms with E-state index in [0.29, 0.717) is 0 Å². The van der Waals surface area contributed by atoms with Crippen molar-refractivity contribution in [2.75, 3.05) is 6.54 Å². The molecule has 0 atom stereocenters. The SMILES string of the molecule is CCn1cc(CCCN)c2ccccc21. The molecule has 80 valence electrons. The van der Waals surface area contributed by atoms with Gasteiger partial charge < -0.3 is 10.3 Å². The van der Waals surface area contributed by atoms with Gasteiger partial charge in [-0.15, -0.1) is 0 Å². The van der Waals surface area contributed by atoms with Crippen molar-refractivity contribution in [2.45, 2.75) is 26.3 Å². The number of hydrogen-bond acceptors (Lipinski definition) is 1. The highest BCUT2D eigenvalue weighted by Crippen LogP contribution is 2.22. The number of hydrogen-bond donors (Lipinski definition) is 1. The average molecular weight is 202 g/mol. The summed E-state index contributed by atoms with van der Waals surface area (Å²) < 4.78 is 2.31.